The SMILES string of the molecule is CC(C)c1ccnc(-n2c3[c-]c(N(c4[c-]c(-n5[cH+]n(-c6ccccc6)c6ccccc65)ccc4)c4ccccc4)ccc3c3ccccc32)c1.[Pt]. The van der Waals surface area contributed by atoms with E-state index in [1.54, 1.807) is 0 Å². The van der Waals surface area contributed by atoms with Crippen molar-refractivity contribution in [2.45, 2.75) is 19.8 Å². The Labute approximate surface area is 311 Å². The van der Waals surface area contributed by atoms with Gasteiger partial charge in [0, 0.05) is 56.3 Å². The monoisotopic (exact) mass is 839 g/mol. The van der Waals surface area contributed by atoms with Crippen LogP contribution in [-0.4, -0.2) is 18.7 Å². The molecule has 0 fully saturated rings. The van der Waals surface area contributed by atoms with E-state index >= 15 is 0 Å². The molecule has 9 rings (SSSR count). The maximum absolute atomic E-state index is 4.87. The molecule has 0 aliphatic carbocycles. The Morgan fingerprint density at radius 3 is 2.04 bits per heavy atom. The van der Waals surface area contributed by atoms with Crippen LogP contribution in [0.25, 0.3) is 50.0 Å². The van der Waals surface area contributed by atoms with Gasteiger partial charge in [0.25, 0.3) is 0 Å². The van der Waals surface area contributed by atoms with E-state index in [1.807, 2.05) is 18.3 Å². The zero-order chi connectivity index (χ0) is 33.6. The molecule has 9 aromatic rings. The minimum absolute atomic E-state index is 0. The van der Waals surface area contributed by atoms with Gasteiger partial charge in [0.2, 0.25) is 0 Å². The van der Waals surface area contributed by atoms with Gasteiger partial charge in [0.15, 0.2) is 17.4 Å². The Balaban J connectivity index is 0.00000374. The molecule has 0 radical (unpaired) electrons. The van der Waals surface area contributed by atoms with Crippen LogP contribution >= 0.6 is 0 Å². The number of hydrogen-bond donors (Lipinski definition) is 0. The fourth-order valence-electron chi connectivity index (χ4n) is 6.96. The summed E-state index contributed by atoms with van der Waals surface area (Å²) in [5.74, 6) is 1.28. The van der Waals surface area contributed by atoms with E-state index in [-0.39, 0.29) is 21.1 Å². The fraction of sp³-hybridized carbons (Fsp3) is 0.0667. The fourth-order valence-corrected chi connectivity index (χ4v) is 6.96. The van der Waals surface area contributed by atoms with E-state index in [0.717, 1.165) is 61.7 Å². The van der Waals surface area contributed by atoms with E-state index in [4.69, 9.17) is 4.98 Å². The number of nitrogens with zero attached hydrogens (tertiary/aromatic N) is 5. The predicted octanol–water partition coefficient (Wildman–Crippen LogP) is 11.4. The van der Waals surface area contributed by atoms with Crippen LogP contribution in [0, 0.1) is 12.1 Å². The van der Waals surface area contributed by atoms with Gasteiger partial charge in [0.1, 0.15) is 11.5 Å². The van der Waals surface area contributed by atoms with Crippen LogP contribution in [0.4, 0.5) is 17.1 Å². The smallest absolute Gasteiger partial charge is 0.168 e. The molecule has 0 unspecified atom stereocenters. The molecular weight excluding hydrogens is 806 g/mol. The summed E-state index contributed by atoms with van der Waals surface area (Å²) in [6.07, 6.45) is 4.07. The molecule has 0 amide bonds. The third-order valence-corrected chi connectivity index (χ3v) is 9.42. The molecule has 0 bridgehead atoms. The van der Waals surface area contributed by atoms with Crippen LogP contribution < -0.4 is 4.90 Å². The summed E-state index contributed by atoms with van der Waals surface area (Å²) < 4.78 is 6.69. The Morgan fingerprint density at radius 2 is 1.27 bits per heavy atom. The molecule has 5 nitrogen and oxygen atoms in total. The van der Waals surface area contributed by atoms with Gasteiger partial charge in [-0.05, 0) is 59.3 Å². The van der Waals surface area contributed by atoms with E-state index in [9.17, 15) is 0 Å². The van der Waals surface area contributed by atoms with Crippen LogP contribution in [0.1, 0.15) is 25.3 Å². The molecule has 6 heteroatoms. The van der Waals surface area contributed by atoms with Crippen molar-refractivity contribution in [3.63, 3.8) is 0 Å². The van der Waals surface area contributed by atoms with Gasteiger partial charge in [-0.1, -0.05) is 104 Å². The average molecular weight is 840 g/mol. The maximum Gasteiger partial charge on any atom is 0.168 e. The van der Waals surface area contributed by atoms with Crippen molar-refractivity contribution in [3.8, 4) is 17.2 Å². The normalized spacial score (nSPS) is 11.4. The quantitative estimate of drug-likeness (QED) is 0.150. The van der Waals surface area contributed by atoms with Gasteiger partial charge >= 0.3 is 0 Å². The number of anilines is 3. The van der Waals surface area contributed by atoms with Gasteiger partial charge in [-0.25, -0.2) is 9.55 Å². The van der Waals surface area contributed by atoms with Gasteiger partial charge in [-0.15, -0.1) is 29.7 Å². The molecule has 6 aromatic carbocycles. The van der Waals surface area contributed by atoms with Crippen molar-refractivity contribution in [2.24, 2.45) is 0 Å². The minimum Gasteiger partial charge on any atom is -0.358 e. The predicted molar refractivity (Wildman–Crippen MR) is 206 cm³/mol. The minimum atomic E-state index is 0. The first-order valence-electron chi connectivity index (χ1n) is 17.0. The number of imidazole rings is 1. The molecule has 0 aliphatic heterocycles. The van der Waals surface area contributed by atoms with Crippen molar-refractivity contribution < 1.29 is 21.1 Å². The van der Waals surface area contributed by atoms with Gasteiger partial charge in [0.05, 0.1) is 0 Å². The Hall–Kier alpha value is -5.77. The maximum atomic E-state index is 4.87. The summed E-state index contributed by atoms with van der Waals surface area (Å²) in [5, 5.41) is 2.31. The van der Waals surface area contributed by atoms with Crippen LogP contribution in [0.15, 0.2) is 164 Å². The number of para-hydroxylation sites is 5. The first-order chi connectivity index (χ1) is 24.6. The summed E-state index contributed by atoms with van der Waals surface area (Å²) in [7, 11) is 0. The summed E-state index contributed by atoms with van der Waals surface area (Å²) in [4.78, 5) is 7.10. The summed E-state index contributed by atoms with van der Waals surface area (Å²) in [5.41, 5.74) is 10.5. The molecule has 0 saturated carbocycles. The van der Waals surface area contributed by atoms with Gasteiger partial charge < -0.3 is 9.47 Å². The second-order valence-electron chi connectivity index (χ2n) is 12.8. The average Bonchev–Trinajstić information content (AvgIpc) is 3.72. The third-order valence-electron chi connectivity index (χ3n) is 9.42. The summed E-state index contributed by atoms with van der Waals surface area (Å²) in [6.45, 7) is 4.44. The number of rotatable bonds is 7. The molecule has 3 heterocycles. The molecule has 51 heavy (non-hydrogen) atoms. The molecule has 0 aliphatic rings. The first-order valence-corrected chi connectivity index (χ1v) is 17.0. The first kappa shape index (κ1) is 32.4. The van der Waals surface area contributed by atoms with Gasteiger partial charge in [-0.2, -0.15) is 16.7 Å². The standard InChI is InChI=1S/C45H34N5.Pt/c1-32(2)33-26-27-46-45(28-33)50-41-21-10-9-20-39(41)40-25-24-38(30-44(40)50)49(35-16-7-4-8-17-35)37-19-13-18-36(29-37)48-31-47(34-14-5-3-6-15-34)42-22-11-12-23-43(42)48;/h3-28,31-32H,1-2H3;/q-1;. The zero-order valence-electron chi connectivity index (χ0n) is 28.2. The topological polar surface area (TPSA) is 30.9 Å². The van der Waals surface area contributed by atoms with Crippen molar-refractivity contribution >= 4 is 49.9 Å². The molecule has 0 spiro atoms. The van der Waals surface area contributed by atoms with E-state index < -0.39 is 0 Å². The van der Waals surface area contributed by atoms with E-state index in [2.05, 4.69) is 190 Å². The summed E-state index contributed by atoms with van der Waals surface area (Å²) >= 11 is 0. The number of aromatic nitrogens is 4. The molecule has 3 aromatic heterocycles. The van der Waals surface area contributed by atoms with Crippen molar-refractivity contribution in [1.82, 2.24) is 18.7 Å². The molecule has 0 atom stereocenters. The van der Waals surface area contributed by atoms with Crippen LogP contribution in [0.3, 0.4) is 0 Å². The van der Waals surface area contributed by atoms with Crippen molar-refractivity contribution in [2.75, 3.05) is 4.90 Å². The van der Waals surface area contributed by atoms with Crippen LogP contribution in [0.2, 0.25) is 0 Å². The van der Waals surface area contributed by atoms with Crippen molar-refractivity contribution in [1.29, 1.82) is 0 Å². The number of hydrogen-bond acceptors (Lipinski definition) is 2. The van der Waals surface area contributed by atoms with Gasteiger partial charge in [-0.3, -0.25) is 0 Å². The second-order valence-corrected chi connectivity index (χ2v) is 12.8. The molecule has 0 N–H and O–H groups in total. The molecule has 0 saturated heterocycles. The van der Waals surface area contributed by atoms with E-state index in [1.165, 1.54) is 10.9 Å². The Kier molecular flexibility index (Phi) is 8.59. The summed E-state index contributed by atoms with van der Waals surface area (Å²) in [6, 6.07) is 60.6. The Morgan fingerprint density at radius 1 is 0.608 bits per heavy atom. The zero-order valence-corrected chi connectivity index (χ0v) is 30.5. The van der Waals surface area contributed by atoms with Crippen LogP contribution in [-0.2, 0) is 21.1 Å². The number of pyridine rings is 1. The third kappa shape index (κ3) is 5.74. The van der Waals surface area contributed by atoms with Crippen LogP contribution in [0.5, 0.6) is 0 Å². The molecular formula is C45H34N5Pt-. The number of fused-ring (bicyclic) bond motifs is 4. The number of benzene rings is 6. The van der Waals surface area contributed by atoms with Crippen molar-refractivity contribution in [3.05, 3.63) is 182 Å². The molecule has 250 valence electrons. The largest absolute Gasteiger partial charge is 0.358 e. The van der Waals surface area contributed by atoms with E-state index in [0.29, 0.717) is 5.92 Å². The second kappa shape index (κ2) is 13.5. The Bertz CT molecular complexity index is 2640.